The second kappa shape index (κ2) is 9.19. The molecule has 2 N–H and O–H groups in total. The topological polar surface area (TPSA) is 74.6 Å². The summed E-state index contributed by atoms with van der Waals surface area (Å²) in [6, 6.07) is 0. The molecule has 0 unspecified atom stereocenters. The number of unbranched alkanes of at least 4 members (excludes halogenated alkanes) is 3. The van der Waals surface area contributed by atoms with Gasteiger partial charge in [-0.1, -0.05) is 26.2 Å². The first-order valence-corrected chi connectivity index (χ1v) is 5.67. The Labute approximate surface area is 97.7 Å². The van der Waals surface area contributed by atoms with Gasteiger partial charge in [0.1, 0.15) is 0 Å². The van der Waals surface area contributed by atoms with Gasteiger partial charge >= 0.3 is 11.9 Å². The second-order valence-electron chi connectivity index (χ2n) is 4.76. The lowest BCUT2D eigenvalue weighted by Gasteiger charge is -2.08. The van der Waals surface area contributed by atoms with E-state index < -0.39 is 17.4 Å². The molecule has 0 saturated carbocycles. The minimum Gasteiger partial charge on any atom is -0.481 e. The Morgan fingerprint density at radius 1 is 1.00 bits per heavy atom. The molecule has 96 valence electrons. The van der Waals surface area contributed by atoms with Crippen LogP contribution in [0.25, 0.3) is 0 Å². The minimum absolute atomic E-state index is 0.333. The van der Waals surface area contributed by atoms with Gasteiger partial charge in [0.15, 0.2) is 0 Å². The summed E-state index contributed by atoms with van der Waals surface area (Å²) < 4.78 is 0. The highest BCUT2D eigenvalue weighted by Crippen LogP contribution is 2.11. The van der Waals surface area contributed by atoms with Gasteiger partial charge in [0.05, 0.1) is 5.41 Å². The fourth-order valence-electron chi connectivity index (χ4n) is 0.703. The SMILES string of the molecule is CC(C)(C)C(=O)O.CCCCCCC(=O)O. The Kier molecular flexibility index (Phi) is 9.96. The van der Waals surface area contributed by atoms with Crippen molar-refractivity contribution < 1.29 is 19.8 Å². The van der Waals surface area contributed by atoms with Crippen molar-refractivity contribution in [2.75, 3.05) is 0 Å². The van der Waals surface area contributed by atoms with Gasteiger partial charge in [-0.05, 0) is 27.2 Å². The van der Waals surface area contributed by atoms with Crippen molar-refractivity contribution in [3.05, 3.63) is 0 Å². The van der Waals surface area contributed by atoms with Crippen LogP contribution in [0.15, 0.2) is 0 Å². The molecule has 0 bridgehead atoms. The molecule has 4 heteroatoms. The van der Waals surface area contributed by atoms with Crippen LogP contribution < -0.4 is 0 Å². The lowest BCUT2D eigenvalue weighted by molar-refractivity contribution is -0.145. The van der Waals surface area contributed by atoms with E-state index in [0.29, 0.717) is 6.42 Å². The third kappa shape index (κ3) is 15.4. The maximum Gasteiger partial charge on any atom is 0.308 e. The third-order valence-electron chi connectivity index (χ3n) is 1.89. The van der Waals surface area contributed by atoms with E-state index in [4.69, 9.17) is 10.2 Å². The van der Waals surface area contributed by atoms with E-state index in [1.165, 1.54) is 6.42 Å². The molecule has 0 aliphatic heterocycles. The van der Waals surface area contributed by atoms with Crippen LogP contribution in [0.4, 0.5) is 0 Å². The summed E-state index contributed by atoms with van der Waals surface area (Å²) in [7, 11) is 0. The number of rotatable bonds is 5. The molecule has 0 spiro atoms. The molecule has 0 fully saturated rings. The quantitative estimate of drug-likeness (QED) is 0.714. The Morgan fingerprint density at radius 2 is 1.44 bits per heavy atom. The number of carbonyl (C=O) groups is 2. The van der Waals surface area contributed by atoms with Gasteiger partial charge in [-0.25, -0.2) is 0 Å². The monoisotopic (exact) mass is 232 g/mol. The number of carboxylic acids is 2. The molecular formula is C12H24O4. The van der Waals surface area contributed by atoms with Crippen LogP contribution in [0.2, 0.25) is 0 Å². The Hall–Kier alpha value is -1.06. The van der Waals surface area contributed by atoms with E-state index in [2.05, 4.69) is 6.92 Å². The van der Waals surface area contributed by atoms with E-state index in [1.54, 1.807) is 20.8 Å². The van der Waals surface area contributed by atoms with Gasteiger partial charge in [0, 0.05) is 6.42 Å². The molecule has 0 atom stereocenters. The maximum atomic E-state index is 10.0. The van der Waals surface area contributed by atoms with E-state index in [0.717, 1.165) is 19.3 Å². The zero-order valence-electron chi connectivity index (χ0n) is 10.7. The fourth-order valence-corrected chi connectivity index (χ4v) is 0.703. The van der Waals surface area contributed by atoms with Crippen molar-refractivity contribution in [1.82, 2.24) is 0 Å². The number of hydrogen-bond donors (Lipinski definition) is 2. The predicted molar refractivity (Wildman–Crippen MR) is 63.5 cm³/mol. The van der Waals surface area contributed by atoms with E-state index in [-0.39, 0.29) is 0 Å². The van der Waals surface area contributed by atoms with Crippen LogP contribution in [0.3, 0.4) is 0 Å². The van der Waals surface area contributed by atoms with Crippen LogP contribution in [-0.2, 0) is 9.59 Å². The molecule has 0 saturated heterocycles. The van der Waals surface area contributed by atoms with Crippen molar-refractivity contribution in [3.8, 4) is 0 Å². The first-order valence-electron chi connectivity index (χ1n) is 5.67. The first kappa shape index (κ1) is 17.3. The minimum atomic E-state index is -0.757. The molecule has 0 rings (SSSR count). The zero-order chi connectivity index (χ0) is 13.2. The summed E-state index contributed by atoms with van der Waals surface area (Å²) in [5.41, 5.74) is -0.583. The molecule has 0 aromatic carbocycles. The maximum absolute atomic E-state index is 10.0. The lowest BCUT2D eigenvalue weighted by atomic mass is 9.98. The highest BCUT2D eigenvalue weighted by atomic mass is 16.4. The predicted octanol–water partition coefficient (Wildman–Crippen LogP) is 3.16. The molecule has 0 aliphatic rings. The van der Waals surface area contributed by atoms with Crippen LogP contribution in [-0.4, -0.2) is 22.2 Å². The Balaban J connectivity index is 0. The van der Waals surface area contributed by atoms with Gasteiger partial charge in [0.25, 0.3) is 0 Å². The highest BCUT2D eigenvalue weighted by molar-refractivity contribution is 5.72. The van der Waals surface area contributed by atoms with Crippen molar-refractivity contribution in [1.29, 1.82) is 0 Å². The summed E-state index contributed by atoms with van der Waals surface area (Å²) in [5, 5.41) is 16.5. The highest BCUT2D eigenvalue weighted by Gasteiger charge is 2.18. The average molecular weight is 232 g/mol. The van der Waals surface area contributed by atoms with Crippen molar-refractivity contribution in [2.45, 2.75) is 59.8 Å². The standard InChI is InChI=1S/C7H14O2.C5H10O2/c1-2-3-4-5-6-7(8)9;1-5(2,3)4(6)7/h2-6H2,1H3,(H,8,9);1-3H3,(H,6,7). The van der Waals surface area contributed by atoms with Gasteiger partial charge in [-0.3, -0.25) is 9.59 Å². The zero-order valence-corrected chi connectivity index (χ0v) is 10.7. The molecule has 16 heavy (non-hydrogen) atoms. The molecule has 4 nitrogen and oxygen atoms in total. The van der Waals surface area contributed by atoms with Crippen LogP contribution in [0.5, 0.6) is 0 Å². The van der Waals surface area contributed by atoms with Gasteiger partial charge < -0.3 is 10.2 Å². The van der Waals surface area contributed by atoms with Crippen molar-refractivity contribution in [2.24, 2.45) is 5.41 Å². The number of aliphatic carboxylic acids is 2. The van der Waals surface area contributed by atoms with Crippen molar-refractivity contribution >= 4 is 11.9 Å². The van der Waals surface area contributed by atoms with Gasteiger partial charge in [-0.2, -0.15) is 0 Å². The van der Waals surface area contributed by atoms with E-state index in [9.17, 15) is 9.59 Å². The molecule has 0 radical (unpaired) electrons. The lowest BCUT2D eigenvalue weighted by Crippen LogP contribution is -2.18. The number of carboxylic acid groups (broad SMARTS) is 2. The summed E-state index contributed by atoms with van der Waals surface area (Å²) in [5.74, 6) is -1.43. The van der Waals surface area contributed by atoms with Gasteiger partial charge in [-0.15, -0.1) is 0 Å². The molecule has 0 aliphatic carbocycles. The molecular weight excluding hydrogens is 208 g/mol. The second-order valence-corrected chi connectivity index (χ2v) is 4.76. The molecule has 0 aromatic heterocycles. The average Bonchev–Trinajstić information content (AvgIpc) is 2.11. The van der Waals surface area contributed by atoms with E-state index in [1.807, 2.05) is 0 Å². The first-order chi connectivity index (χ1) is 7.21. The van der Waals surface area contributed by atoms with Crippen LogP contribution >= 0.6 is 0 Å². The third-order valence-corrected chi connectivity index (χ3v) is 1.89. The summed E-state index contributed by atoms with van der Waals surface area (Å²) >= 11 is 0. The van der Waals surface area contributed by atoms with Crippen LogP contribution in [0.1, 0.15) is 59.8 Å². The normalized spacial score (nSPS) is 10.2. The largest absolute Gasteiger partial charge is 0.481 e. The molecule has 0 amide bonds. The Morgan fingerprint density at radius 3 is 1.69 bits per heavy atom. The smallest absolute Gasteiger partial charge is 0.308 e. The Bertz CT molecular complexity index is 204. The number of hydrogen-bond acceptors (Lipinski definition) is 2. The summed E-state index contributed by atoms with van der Waals surface area (Å²) in [4.78, 5) is 20.0. The molecule has 0 heterocycles. The van der Waals surface area contributed by atoms with Crippen molar-refractivity contribution in [3.63, 3.8) is 0 Å². The summed E-state index contributed by atoms with van der Waals surface area (Å²) in [6.07, 6.45) is 4.55. The molecule has 0 aromatic rings. The summed E-state index contributed by atoms with van der Waals surface area (Å²) in [6.45, 7) is 7.10. The van der Waals surface area contributed by atoms with Gasteiger partial charge in [0.2, 0.25) is 0 Å². The van der Waals surface area contributed by atoms with E-state index >= 15 is 0 Å². The van der Waals surface area contributed by atoms with Crippen LogP contribution in [0, 0.1) is 5.41 Å². The fraction of sp³-hybridized carbons (Fsp3) is 0.833.